The first-order valence-electron chi connectivity index (χ1n) is 12.0. The van der Waals surface area contributed by atoms with Crippen LogP contribution >= 0.6 is 0 Å². The predicted octanol–water partition coefficient (Wildman–Crippen LogP) is 5.49. The van der Waals surface area contributed by atoms with Gasteiger partial charge in [-0.25, -0.2) is 14.4 Å². The van der Waals surface area contributed by atoms with Gasteiger partial charge in [0.1, 0.15) is 5.82 Å². The third-order valence-electron chi connectivity index (χ3n) is 6.42. The second-order valence-corrected chi connectivity index (χ2v) is 8.75. The molecule has 0 unspecified atom stereocenters. The highest BCUT2D eigenvalue weighted by atomic mass is 19.1. The molecule has 5 nitrogen and oxygen atoms in total. The summed E-state index contributed by atoms with van der Waals surface area (Å²) in [6, 6.07) is 23.5. The zero-order valence-corrected chi connectivity index (χ0v) is 19.8. The Hall–Kier alpha value is -3.61. The Labute approximate surface area is 205 Å². The van der Waals surface area contributed by atoms with Crippen LogP contribution in [0.1, 0.15) is 28.2 Å². The zero-order chi connectivity index (χ0) is 24.0. The first kappa shape index (κ1) is 23.1. The van der Waals surface area contributed by atoms with E-state index in [-0.39, 0.29) is 11.7 Å². The molecule has 0 amide bonds. The Balaban J connectivity index is 1.37. The minimum Gasteiger partial charge on any atom is -0.383 e. The number of nitrogens with zero attached hydrogens (tertiary/aromatic N) is 2. The number of anilines is 2. The quantitative estimate of drug-likeness (QED) is 0.318. The Morgan fingerprint density at radius 1 is 0.971 bits per heavy atom. The van der Waals surface area contributed by atoms with Crippen LogP contribution in [0.15, 0.2) is 79.0 Å². The summed E-state index contributed by atoms with van der Waals surface area (Å²) in [5.41, 5.74) is 6.95. The van der Waals surface area contributed by atoms with E-state index in [4.69, 9.17) is 9.72 Å². The molecule has 2 N–H and O–H groups in total. The highest BCUT2D eigenvalue weighted by molar-refractivity contribution is 5.73. The van der Waals surface area contributed by atoms with E-state index in [9.17, 15) is 4.39 Å². The van der Waals surface area contributed by atoms with Gasteiger partial charge in [0.15, 0.2) is 0 Å². The van der Waals surface area contributed by atoms with Crippen LogP contribution in [0.25, 0.3) is 11.3 Å². The van der Waals surface area contributed by atoms with Crippen molar-refractivity contribution in [3.63, 3.8) is 0 Å². The Morgan fingerprint density at radius 2 is 1.80 bits per heavy atom. The molecule has 0 fully saturated rings. The van der Waals surface area contributed by atoms with Gasteiger partial charge in [-0.2, -0.15) is 0 Å². The number of fused-ring (bicyclic) bond motifs is 3. The first-order chi connectivity index (χ1) is 17.2. The molecule has 35 heavy (non-hydrogen) atoms. The van der Waals surface area contributed by atoms with Gasteiger partial charge in [0.2, 0.25) is 5.95 Å². The van der Waals surface area contributed by atoms with Crippen molar-refractivity contribution < 1.29 is 9.13 Å². The summed E-state index contributed by atoms with van der Waals surface area (Å²) in [7, 11) is 1.71. The number of halogens is 1. The maximum absolute atomic E-state index is 14.7. The molecule has 0 radical (unpaired) electrons. The lowest BCUT2D eigenvalue weighted by atomic mass is 9.78. The van der Waals surface area contributed by atoms with E-state index in [1.807, 2.05) is 42.6 Å². The summed E-state index contributed by atoms with van der Waals surface area (Å²) in [6.07, 6.45) is 3.46. The topological polar surface area (TPSA) is 59.1 Å². The van der Waals surface area contributed by atoms with E-state index < -0.39 is 0 Å². The van der Waals surface area contributed by atoms with Crippen molar-refractivity contribution in [2.75, 3.05) is 32.1 Å². The van der Waals surface area contributed by atoms with Crippen LogP contribution in [-0.2, 0) is 17.6 Å². The number of nitrogens with one attached hydrogen (secondary N) is 2. The Morgan fingerprint density at radius 3 is 2.66 bits per heavy atom. The van der Waals surface area contributed by atoms with Gasteiger partial charge in [0.25, 0.3) is 0 Å². The van der Waals surface area contributed by atoms with E-state index in [2.05, 4.69) is 39.9 Å². The number of methoxy groups -OCH3 is 1. The average molecular weight is 469 g/mol. The largest absolute Gasteiger partial charge is 0.383 e. The number of hydrogen-bond donors (Lipinski definition) is 2. The fourth-order valence-corrected chi connectivity index (χ4v) is 4.70. The third-order valence-corrected chi connectivity index (χ3v) is 6.42. The molecule has 0 saturated carbocycles. The summed E-state index contributed by atoms with van der Waals surface area (Å²) in [5.74, 6) is 0.318. The van der Waals surface area contributed by atoms with E-state index >= 15 is 0 Å². The number of benzene rings is 3. The van der Waals surface area contributed by atoms with Gasteiger partial charge in [0, 0.05) is 37.0 Å². The molecule has 0 spiro atoms. The van der Waals surface area contributed by atoms with Gasteiger partial charge in [-0.15, -0.1) is 0 Å². The summed E-state index contributed by atoms with van der Waals surface area (Å²) in [4.78, 5) is 9.48. The summed E-state index contributed by atoms with van der Waals surface area (Å²) >= 11 is 0. The molecule has 1 aromatic heterocycles. The van der Waals surface area contributed by atoms with Crippen LogP contribution in [0, 0.1) is 5.82 Å². The first-order valence-corrected chi connectivity index (χ1v) is 12.0. The molecule has 4 aromatic rings. The monoisotopic (exact) mass is 468 g/mol. The van der Waals surface area contributed by atoms with Crippen LogP contribution in [0.3, 0.4) is 0 Å². The van der Waals surface area contributed by atoms with E-state index in [1.165, 1.54) is 11.6 Å². The lowest BCUT2D eigenvalue weighted by molar-refractivity contribution is 0.199. The summed E-state index contributed by atoms with van der Waals surface area (Å²) in [5, 5.41) is 6.74. The number of rotatable bonds is 9. The minimum absolute atomic E-state index is 0.0588. The number of ether oxygens (including phenoxy) is 1. The molecular weight excluding hydrogens is 439 g/mol. The standard InChI is InChI=1S/C29H29FN4O/c1-35-16-15-31-14-13-20-7-6-8-22(17-20)33-29-32-19-21-18-26(24-10-4-5-12-27(24)30)23-9-2-3-11-25(23)28(21)34-29/h2-12,17,19,26,31H,13-16,18H2,1H3,(H,32,33,34)/t26-/m0/s1. The van der Waals surface area contributed by atoms with E-state index in [0.29, 0.717) is 24.5 Å². The molecule has 1 aliphatic carbocycles. The van der Waals surface area contributed by atoms with Gasteiger partial charge in [-0.05, 0) is 59.8 Å². The molecule has 1 atom stereocenters. The van der Waals surface area contributed by atoms with Crippen LogP contribution < -0.4 is 10.6 Å². The van der Waals surface area contributed by atoms with Crippen LogP contribution in [0.4, 0.5) is 16.0 Å². The van der Waals surface area contributed by atoms with E-state index in [1.54, 1.807) is 13.2 Å². The molecule has 6 heteroatoms. The maximum atomic E-state index is 14.7. The number of aromatic nitrogens is 2. The molecule has 0 saturated heterocycles. The smallest absolute Gasteiger partial charge is 0.227 e. The highest BCUT2D eigenvalue weighted by Gasteiger charge is 2.28. The molecule has 5 rings (SSSR count). The molecule has 0 bridgehead atoms. The maximum Gasteiger partial charge on any atom is 0.227 e. The van der Waals surface area contributed by atoms with Gasteiger partial charge >= 0.3 is 0 Å². The molecule has 3 aromatic carbocycles. The van der Waals surface area contributed by atoms with E-state index in [0.717, 1.165) is 47.6 Å². The van der Waals surface area contributed by atoms with Crippen molar-refractivity contribution >= 4 is 11.6 Å². The lowest BCUT2D eigenvalue weighted by Gasteiger charge is -2.27. The lowest BCUT2D eigenvalue weighted by Crippen LogP contribution is -2.21. The fourth-order valence-electron chi connectivity index (χ4n) is 4.70. The minimum atomic E-state index is -0.177. The second-order valence-electron chi connectivity index (χ2n) is 8.75. The zero-order valence-electron chi connectivity index (χ0n) is 19.8. The SMILES string of the molecule is COCCNCCc1cccc(Nc2ncc3c(n2)-c2ccccc2[C@@H](c2ccccc2F)C3)c1. The molecule has 1 aliphatic rings. The van der Waals surface area contributed by atoms with Gasteiger partial charge < -0.3 is 15.4 Å². The second kappa shape index (κ2) is 10.8. The van der Waals surface area contributed by atoms with Gasteiger partial charge in [-0.3, -0.25) is 0 Å². The van der Waals surface area contributed by atoms with Crippen molar-refractivity contribution in [1.82, 2.24) is 15.3 Å². The van der Waals surface area contributed by atoms with Crippen molar-refractivity contribution in [2.45, 2.75) is 18.8 Å². The van der Waals surface area contributed by atoms with Crippen molar-refractivity contribution in [2.24, 2.45) is 0 Å². The fraction of sp³-hybridized carbons (Fsp3) is 0.241. The predicted molar refractivity (Wildman–Crippen MR) is 138 cm³/mol. The third kappa shape index (κ3) is 5.24. The van der Waals surface area contributed by atoms with Crippen LogP contribution in [-0.4, -0.2) is 36.8 Å². The number of hydrogen-bond acceptors (Lipinski definition) is 5. The Kier molecular flexibility index (Phi) is 7.12. The molecule has 0 aliphatic heterocycles. The van der Waals surface area contributed by atoms with Gasteiger partial charge in [-0.1, -0.05) is 54.6 Å². The molecule has 178 valence electrons. The normalized spacial score (nSPS) is 14.3. The molecular formula is C29H29FN4O. The van der Waals surface area contributed by atoms with Crippen LogP contribution in [0.5, 0.6) is 0 Å². The van der Waals surface area contributed by atoms with Crippen molar-refractivity contribution in [3.05, 3.63) is 107 Å². The Bertz CT molecular complexity index is 1310. The summed E-state index contributed by atoms with van der Waals surface area (Å²) < 4.78 is 19.7. The van der Waals surface area contributed by atoms with Crippen LogP contribution in [0.2, 0.25) is 0 Å². The molecule has 1 heterocycles. The van der Waals surface area contributed by atoms with Gasteiger partial charge in [0.05, 0.1) is 12.3 Å². The highest BCUT2D eigenvalue weighted by Crippen LogP contribution is 2.42. The average Bonchev–Trinajstić information content (AvgIpc) is 2.89. The van der Waals surface area contributed by atoms with Crippen molar-refractivity contribution in [1.29, 1.82) is 0 Å². The van der Waals surface area contributed by atoms with Crippen molar-refractivity contribution in [3.8, 4) is 11.3 Å². The summed E-state index contributed by atoms with van der Waals surface area (Å²) in [6.45, 7) is 2.44.